The number of carbonyl (C=O) groups excluding carboxylic acids is 1. The van der Waals surface area contributed by atoms with Crippen LogP contribution in [0, 0.1) is 0 Å². The fourth-order valence-corrected chi connectivity index (χ4v) is 2.91. The summed E-state index contributed by atoms with van der Waals surface area (Å²) in [4.78, 5) is 19.8. The lowest BCUT2D eigenvalue weighted by atomic mass is 10.1. The van der Waals surface area contributed by atoms with Gasteiger partial charge in [0.1, 0.15) is 5.82 Å². The van der Waals surface area contributed by atoms with Gasteiger partial charge < -0.3 is 15.1 Å². The highest BCUT2D eigenvalue weighted by Crippen LogP contribution is 2.37. The molecule has 1 aromatic heterocycles. The molecule has 2 aromatic rings. The Kier molecular flexibility index (Phi) is 5.58. The Morgan fingerprint density at radius 2 is 1.48 bits per heavy atom. The Labute approximate surface area is 161 Å². The van der Waals surface area contributed by atoms with Gasteiger partial charge >= 0.3 is 18.4 Å². The van der Waals surface area contributed by atoms with Crippen LogP contribution in [0.25, 0.3) is 0 Å². The van der Waals surface area contributed by atoms with Gasteiger partial charge in [-0.3, -0.25) is 0 Å². The largest absolute Gasteiger partial charge is 0.416 e. The molecule has 0 bridgehead atoms. The third kappa shape index (κ3) is 5.09. The van der Waals surface area contributed by atoms with Crippen molar-refractivity contribution in [3.63, 3.8) is 0 Å². The molecule has 11 heteroatoms. The molecule has 2 amide bonds. The number of urea groups is 1. The predicted molar refractivity (Wildman–Crippen MR) is 93.5 cm³/mol. The Balaban J connectivity index is 1.71. The molecule has 0 atom stereocenters. The van der Waals surface area contributed by atoms with E-state index in [0.717, 1.165) is 5.82 Å². The zero-order valence-electron chi connectivity index (χ0n) is 14.9. The van der Waals surface area contributed by atoms with Gasteiger partial charge in [-0.15, -0.1) is 0 Å². The minimum atomic E-state index is -4.98. The standard InChI is InChI=1S/C18H16F6N4O/c19-17(20,21)12-9-13(18(22,23)24)11-14(10-12)26-16(29)28-7-5-27(6-8-28)15-3-1-2-4-25-15/h1-4,9-11H,5-8H2,(H,26,29). The van der Waals surface area contributed by atoms with Crippen LogP contribution >= 0.6 is 0 Å². The minimum absolute atomic E-state index is 0.0152. The summed E-state index contributed by atoms with van der Waals surface area (Å²) in [6.45, 7) is 1.35. The van der Waals surface area contributed by atoms with E-state index >= 15 is 0 Å². The van der Waals surface area contributed by atoms with Gasteiger partial charge in [0.25, 0.3) is 0 Å². The molecular weight excluding hydrogens is 402 g/mol. The van der Waals surface area contributed by atoms with Crippen molar-refractivity contribution in [1.82, 2.24) is 9.88 Å². The fraction of sp³-hybridized carbons (Fsp3) is 0.333. The smallest absolute Gasteiger partial charge is 0.353 e. The van der Waals surface area contributed by atoms with Crippen LogP contribution in [0.15, 0.2) is 42.6 Å². The first-order valence-corrected chi connectivity index (χ1v) is 8.55. The van der Waals surface area contributed by atoms with Crippen LogP contribution in [0.1, 0.15) is 11.1 Å². The maximum Gasteiger partial charge on any atom is 0.416 e. The van der Waals surface area contributed by atoms with Gasteiger partial charge in [-0.2, -0.15) is 26.3 Å². The number of nitrogens with one attached hydrogen (secondary N) is 1. The number of pyridine rings is 1. The van der Waals surface area contributed by atoms with Crippen molar-refractivity contribution in [2.24, 2.45) is 0 Å². The number of hydrogen-bond donors (Lipinski definition) is 1. The number of halogens is 6. The third-order valence-electron chi connectivity index (χ3n) is 4.38. The molecule has 1 fully saturated rings. The number of piperazine rings is 1. The molecular formula is C18H16F6N4O. The van der Waals surface area contributed by atoms with Crippen LogP contribution in [-0.2, 0) is 12.4 Å². The van der Waals surface area contributed by atoms with Crippen LogP contribution in [0.5, 0.6) is 0 Å². The van der Waals surface area contributed by atoms with Crippen molar-refractivity contribution in [3.05, 3.63) is 53.7 Å². The number of aromatic nitrogens is 1. The molecule has 1 aliphatic rings. The quantitative estimate of drug-likeness (QED) is 0.732. The summed E-state index contributed by atoms with van der Waals surface area (Å²) in [5.41, 5.74) is -3.53. The molecule has 0 saturated carbocycles. The first-order valence-electron chi connectivity index (χ1n) is 8.55. The zero-order valence-corrected chi connectivity index (χ0v) is 14.9. The Morgan fingerprint density at radius 1 is 0.897 bits per heavy atom. The molecule has 1 aromatic carbocycles. The second-order valence-corrected chi connectivity index (χ2v) is 6.39. The average molecular weight is 418 g/mol. The Bertz CT molecular complexity index is 829. The summed E-state index contributed by atoms with van der Waals surface area (Å²) in [7, 11) is 0. The molecule has 29 heavy (non-hydrogen) atoms. The number of benzene rings is 1. The highest BCUT2D eigenvalue weighted by Gasteiger charge is 2.37. The van der Waals surface area contributed by atoms with Gasteiger partial charge in [-0.25, -0.2) is 9.78 Å². The highest BCUT2D eigenvalue weighted by atomic mass is 19.4. The number of alkyl halides is 6. The number of carbonyl (C=O) groups is 1. The molecule has 1 saturated heterocycles. The normalized spacial score (nSPS) is 15.4. The van der Waals surface area contributed by atoms with Gasteiger partial charge in [-0.05, 0) is 30.3 Å². The van der Waals surface area contributed by atoms with Crippen molar-refractivity contribution in [3.8, 4) is 0 Å². The van der Waals surface area contributed by atoms with Crippen molar-refractivity contribution in [2.75, 3.05) is 36.4 Å². The summed E-state index contributed by atoms with van der Waals surface area (Å²) in [5, 5.41) is 2.14. The molecule has 1 N–H and O–H groups in total. The van der Waals surface area contributed by atoms with E-state index in [0.29, 0.717) is 25.2 Å². The maximum absolute atomic E-state index is 12.9. The van der Waals surface area contributed by atoms with Crippen molar-refractivity contribution in [2.45, 2.75) is 12.4 Å². The summed E-state index contributed by atoms with van der Waals surface area (Å²) < 4.78 is 77.6. The van der Waals surface area contributed by atoms with Crippen LogP contribution < -0.4 is 10.2 Å². The second kappa shape index (κ2) is 7.80. The maximum atomic E-state index is 12.9. The highest BCUT2D eigenvalue weighted by molar-refractivity contribution is 5.89. The van der Waals surface area contributed by atoms with Crippen LogP contribution in [0.2, 0.25) is 0 Å². The first kappa shape index (κ1) is 20.7. The summed E-state index contributed by atoms with van der Waals surface area (Å²) >= 11 is 0. The molecule has 0 radical (unpaired) electrons. The van der Waals surface area contributed by atoms with Gasteiger partial charge in [0.15, 0.2) is 0 Å². The molecule has 156 valence electrons. The Hall–Kier alpha value is -2.98. The van der Waals surface area contributed by atoms with Crippen molar-refractivity contribution in [1.29, 1.82) is 0 Å². The topological polar surface area (TPSA) is 48.5 Å². The molecule has 2 heterocycles. The predicted octanol–water partition coefficient (Wildman–Crippen LogP) is 4.47. The van der Waals surface area contributed by atoms with E-state index in [-0.39, 0.29) is 19.2 Å². The van der Waals surface area contributed by atoms with E-state index in [1.807, 2.05) is 11.0 Å². The van der Waals surface area contributed by atoms with E-state index in [1.165, 1.54) is 4.90 Å². The zero-order chi connectivity index (χ0) is 21.2. The lowest BCUT2D eigenvalue weighted by Crippen LogP contribution is -2.50. The number of anilines is 2. The lowest BCUT2D eigenvalue weighted by Gasteiger charge is -2.35. The van der Waals surface area contributed by atoms with Gasteiger partial charge in [0, 0.05) is 38.1 Å². The summed E-state index contributed by atoms with van der Waals surface area (Å²) in [6.07, 6.45) is -8.33. The number of amides is 2. The third-order valence-corrected chi connectivity index (χ3v) is 4.38. The number of rotatable bonds is 2. The summed E-state index contributed by atoms with van der Waals surface area (Å²) in [5.74, 6) is 0.722. The molecule has 1 aliphatic heterocycles. The average Bonchev–Trinajstić information content (AvgIpc) is 2.67. The molecule has 3 rings (SSSR count). The number of nitrogens with zero attached hydrogens (tertiary/aromatic N) is 3. The monoisotopic (exact) mass is 418 g/mol. The molecule has 0 unspecified atom stereocenters. The molecule has 0 spiro atoms. The van der Waals surface area contributed by atoms with E-state index in [1.54, 1.807) is 18.3 Å². The van der Waals surface area contributed by atoms with E-state index in [4.69, 9.17) is 0 Å². The van der Waals surface area contributed by atoms with Crippen molar-refractivity contribution < 1.29 is 31.1 Å². The van der Waals surface area contributed by atoms with Gasteiger partial charge in [0.05, 0.1) is 11.1 Å². The Morgan fingerprint density at radius 3 is 1.97 bits per heavy atom. The SMILES string of the molecule is O=C(Nc1cc(C(F)(F)F)cc(C(F)(F)F)c1)N1CCN(c2ccccn2)CC1. The van der Waals surface area contributed by atoms with Crippen LogP contribution in [-0.4, -0.2) is 42.1 Å². The van der Waals surface area contributed by atoms with Gasteiger partial charge in [0.2, 0.25) is 0 Å². The van der Waals surface area contributed by atoms with E-state index < -0.39 is 35.2 Å². The number of hydrogen-bond acceptors (Lipinski definition) is 3. The van der Waals surface area contributed by atoms with E-state index in [9.17, 15) is 31.1 Å². The van der Waals surface area contributed by atoms with Gasteiger partial charge in [-0.1, -0.05) is 6.07 Å². The summed E-state index contributed by atoms with van der Waals surface area (Å²) in [6, 6.07) is 5.59. The van der Waals surface area contributed by atoms with Crippen LogP contribution in [0.3, 0.4) is 0 Å². The van der Waals surface area contributed by atoms with Crippen LogP contribution in [0.4, 0.5) is 42.6 Å². The first-order chi connectivity index (χ1) is 13.5. The minimum Gasteiger partial charge on any atom is -0.353 e. The lowest BCUT2D eigenvalue weighted by molar-refractivity contribution is -0.143. The second-order valence-electron chi connectivity index (χ2n) is 6.39. The molecule has 5 nitrogen and oxygen atoms in total. The fourth-order valence-electron chi connectivity index (χ4n) is 2.91. The van der Waals surface area contributed by atoms with E-state index in [2.05, 4.69) is 10.3 Å². The molecule has 0 aliphatic carbocycles. The van der Waals surface area contributed by atoms with Crippen molar-refractivity contribution >= 4 is 17.5 Å².